The number of carbonyl (C=O) groups is 2. The molecule has 3 aliphatic heterocycles. The van der Waals surface area contributed by atoms with Crippen LogP contribution in [0.4, 0.5) is 17.1 Å². The van der Waals surface area contributed by atoms with E-state index in [1.807, 2.05) is 12.1 Å². The van der Waals surface area contributed by atoms with Gasteiger partial charge in [-0.15, -0.1) is 0 Å². The third-order valence-electron chi connectivity index (χ3n) is 22.6. The summed E-state index contributed by atoms with van der Waals surface area (Å²) >= 11 is 0. The Labute approximate surface area is 638 Å². The third-order valence-corrected chi connectivity index (χ3v) is 22.6. The minimum Gasteiger partial charge on any atom is -0.386 e. The van der Waals surface area contributed by atoms with E-state index in [1.54, 1.807) is 12.1 Å². The SMILES string of the molecule is CCCCCCCCc1ccc(N(c2ccc(CCCCCCCC)cc2)c2c3nc(c(-c4cc(C(C)(C)C)cc(C(C)(C)C)c4)c4ccc([nH]4)c(C#Cc4ccc5c6ccc7c8c(ccc(c9cccc4c95)c86)C(=O)OC7=O)c4nc(c(-c5cc(C(C)(C)C)cc(C(C)(C)C)c5)c5ccc2[nH]5)C=C4)C=C3)cc1. The van der Waals surface area contributed by atoms with Crippen molar-refractivity contribution in [3.63, 3.8) is 0 Å². The Balaban J connectivity index is 1.02. The van der Waals surface area contributed by atoms with Crippen LogP contribution in [0.25, 0.3) is 112 Å². The van der Waals surface area contributed by atoms with E-state index >= 15 is 0 Å². The topological polar surface area (TPSA) is 104 Å². The molecule has 8 nitrogen and oxygen atoms in total. The molecule has 0 unspecified atom stereocenters. The van der Waals surface area contributed by atoms with Crippen LogP contribution in [0.5, 0.6) is 0 Å². The van der Waals surface area contributed by atoms with Gasteiger partial charge in [-0.3, -0.25) is 0 Å². The highest BCUT2D eigenvalue weighted by Gasteiger charge is 2.32. The van der Waals surface area contributed by atoms with Gasteiger partial charge in [0.1, 0.15) is 0 Å². The molecule has 0 radical (unpaired) electrons. The maximum Gasteiger partial charge on any atom is 0.346 e. The molecule has 0 saturated heterocycles. The number of fused-ring (bicyclic) bond motifs is 10. The third kappa shape index (κ3) is 14.3. The highest BCUT2D eigenvalue weighted by molar-refractivity contribution is 6.37. The van der Waals surface area contributed by atoms with Gasteiger partial charge in [-0.2, -0.15) is 0 Å². The summed E-state index contributed by atoms with van der Waals surface area (Å²) < 4.78 is 5.22. The van der Waals surface area contributed by atoms with Crippen molar-refractivity contribution in [2.45, 2.75) is 208 Å². The molecule has 0 atom stereocenters. The molecule has 0 amide bonds. The maximum atomic E-state index is 13.3. The van der Waals surface area contributed by atoms with Crippen molar-refractivity contribution >= 4 is 118 Å². The van der Waals surface area contributed by atoms with E-state index in [2.05, 4.69) is 287 Å². The van der Waals surface area contributed by atoms with Gasteiger partial charge in [0.2, 0.25) is 0 Å². The van der Waals surface area contributed by atoms with E-state index in [0.29, 0.717) is 16.5 Å². The lowest BCUT2D eigenvalue weighted by Crippen LogP contribution is -2.19. The first-order chi connectivity index (χ1) is 51.8. The van der Waals surface area contributed by atoms with E-state index in [0.717, 1.165) is 146 Å². The molecule has 8 bridgehead atoms. The lowest BCUT2D eigenvalue weighted by atomic mass is 9.78. The fourth-order valence-corrected chi connectivity index (χ4v) is 16.3. The van der Waals surface area contributed by atoms with E-state index in [1.165, 1.54) is 110 Å². The Bertz CT molecular complexity index is 5570. The van der Waals surface area contributed by atoms with Crippen molar-refractivity contribution in [2.75, 3.05) is 4.90 Å². The molecule has 12 aromatic rings. The molecular formula is C100H103N5O3. The molecular weight excluding hydrogens is 1320 g/mol. The second-order valence-electron chi connectivity index (χ2n) is 34.7. The molecule has 0 saturated carbocycles. The Morgan fingerprint density at radius 2 is 0.787 bits per heavy atom. The largest absolute Gasteiger partial charge is 0.386 e. The minimum absolute atomic E-state index is 0.174. The molecule has 6 heterocycles. The molecule has 9 aromatic carbocycles. The molecule has 0 spiro atoms. The van der Waals surface area contributed by atoms with E-state index in [9.17, 15) is 9.59 Å². The zero-order chi connectivity index (χ0) is 75.6. The summed E-state index contributed by atoms with van der Waals surface area (Å²) in [5.74, 6) is 6.36. The molecule has 3 aromatic heterocycles. The molecule has 0 fully saturated rings. The minimum atomic E-state index is -0.624. The van der Waals surface area contributed by atoms with E-state index < -0.39 is 11.9 Å². The summed E-state index contributed by atoms with van der Waals surface area (Å²) in [5.41, 5.74) is 23.2. The van der Waals surface area contributed by atoms with Crippen LogP contribution in [0.2, 0.25) is 0 Å². The van der Waals surface area contributed by atoms with Crippen LogP contribution in [0, 0.1) is 11.8 Å². The van der Waals surface area contributed by atoms with Gasteiger partial charge in [0, 0.05) is 44.5 Å². The van der Waals surface area contributed by atoms with Gasteiger partial charge in [-0.05, 0) is 221 Å². The number of rotatable bonds is 19. The fraction of sp³-hybridized carbons (Fsp3) is 0.320. The average molecular weight is 1420 g/mol. The summed E-state index contributed by atoms with van der Waals surface area (Å²) in [6.45, 7) is 32.3. The van der Waals surface area contributed by atoms with Crippen LogP contribution in [-0.4, -0.2) is 31.9 Å². The number of nitrogens with zero attached hydrogens (tertiary/aromatic N) is 3. The number of esters is 2. The monoisotopic (exact) mass is 1420 g/mol. The first-order valence-corrected chi connectivity index (χ1v) is 39.7. The fourth-order valence-electron chi connectivity index (χ4n) is 16.3. The number of hydrogen-bond acceptors (Lipinski definition) is 6. The van der Waals surface area contributed by atoms with Crippen molar-refractivity contribution < 1.29 is 14.3 Å². The molecule has 2 N–H and O–H groups in total. The summed E-state index contributed by atoms with van der Waals surface area (Å²) in [5, 5.41) is 7.52. The number of aromatic amines is 2. The standard InChI is InChI=1S/C100H103N5O3/c1-15-17-19-21-23-25-28-62-32-38-71(39-33-62)105(72-40-34-63(35-41-72)29-26-24-22-20-18-16-2)94-87-54-52-85(103-87)89(65-56-67(97(3,4)5)60-68(57-65)98(6,7)8)83-50-48-81(101-83)78(82-49-51-84(102-82)90(86-53-55-88(94)104-86)66-58-69(99(9,10)11)61-70(59-66)100(12,13)14)43-37-64-36-42-75-77-45-47-80-93-79(95(106)108-96(80)107)46-44-76(92(77)93)74-31-27-30-73(64)91(74)75/h27,30-36,38-42,44-61,101,104H,15-26,28-29H2,1-14H3. The van der Waals surface area contributed by atoms with Gasteiger partial charge in [0.05, 0.1) is 56.2 Å². The maximum absolute atomic E-state index is 13.3. The highest BCUT2D eigenvalue weighted by Crippen LogP contribution is 2.48. The quantitative estimate of drug-likeness (QED) is 0.0209. The predicted molar refractivity (Wildman–Crippen MR) is 457 cm³/mol. The van der Waals surface area contributed by atoms with Crippen LogP contribution in [-0.2, 0) is 39.2 Å². The Hall–Kier alpha value is -10.6. The number of carbonyl (C=O) groups excluding carboxylic acids is 2. The number of benzene rings is 9. The van der Waals surface area contributed by atoms with Crippen LogP contribution >= 0.6 is 0 Å². The van der Waals surface area contributed by atoms with Gasteiger partial charge >= 0.3 is 11.9 Å². The molecule has 3 aliphatic rings. The summed E-state index contributed by atoms with van der Waals surface area (Å²) in [7, 11) is 0. The van der Waals surface area contributed by atoms with E-state index in [-0.39, 0.29) is 21.7 Å². The number of ether oxygens (including phenoxy) is 1. The van der Waals surface area contributed by atoms with Gasteiger partial charge in [-0.1, -0.05) is 270 Å². The zero-order valence-corrected chi connectivity index (χ0v) is 65.9. The van der Waals surface area contributed by atoms with E-state index in [4.69, 9.17) is 14.7 Å². The number of anilines is 3. The Morgan fingerprint density at radius 1 is 0.380 bits per heavy atom. The Kier molecular flexibility index (Phi) is 19.7. The van der Waals surface area contributed by atoms with Gasteiger partial charge < -0.3 is 19.6 Å². The van der Waals surface area contributed by atoms with Gasteiger partial charge in [0.25, 0.3) is 0 Å². The predicted octanol–water partition coefficient (Wildman–Crippen LogP) is 27.2. The number of aryl methyl sites for hydroxylation is 2. The van der Waals surface area contributed by atoms with Crippen LogP contribution in [0.3, 0.4) is 0 Å². The van der Waals surface area contributed by atoms with Crippen LogP contribution in [0.15, 0.2) is 164 Å². The average Bonchev–Trinajstić information content (AvgIpc) is 1.40. The van der Waals surface area contributed by atoms with Gasteiger partial charge in [0.15, 0.2) is 0 Å². The number of nitrogens with one attached hydrogen (secondary N) is 2. The van der Waals surface area contributed by atoms with Gasteiger partial charge in [-0.25, -0.2) is 19.6 Å². The number of hydrogen-bond donors (Lipinski definition) is 2. The highest BCUT2D eigenvalue weighted by atomic mass is 16.6. The van der Waals surface area contributed by atoms with Crippen molar-refractivity contribution in [1.29, 1.82) is 0 Å². The second kappa shape index (κ2) is 29.2. The van der Waals surface area contributed by atoms with Crippen molar-refractivity contribution in [3.8, 4) is 34.1 Å². The summed E-state index contributed by atoms with van der Waals surface area (Å²) in [6, 6.07) is 60.2. The number of unbranched alkanes of at least 4 members (excludes halogenated alkanes) is 10. The number of H-pyrrole nitrogens is 2. The normalized spacial score (nSPS) is 13.2. The number of cyclic esters (lactones) is 2. The lowest BCUT2D eigenvalue weighted by molar-refractivity contribution is 0.0391. The molecule has 546 valence electrons. The summed E-state index contributed by atoms with van der Waals surface area (Å²) in [6.07, 6.45) is 26.0. The smallest absolute Gasteiger partial charge is 0.346 e. The number of aromatic nitrogens is 4. The Morgan fingerprint density at radius 3 is 1.29 bits per heavy atom. The zero-order valence-electron chi connectivity index (χ0n) is 65.9. The summed E-state index contributed by atoms with van der Waals surface area (Å²) in [4.78, 5) is 49.1. The van der Waals surface area contributed by atoms with Crippen LogP contribution < -0.4 is 4.90 Å². The molecule has 15 rings (SSSR count). The molecule has 0 aliphatic carbocycles. The molecule has 8 heteroatoms. The van der Waals surface area contributed by atoms with Crippen molar-refractivity contribution in [2.24, 2.45) is 0 Å². The van der Waals surface area contributed by atoms with Crippen molar-refractivity contribution in [3.05, 3.63) is 242 Å². The van der Waals surface area contributed by atoms with Crippen molar-refractivity contribution in [1.82, 2.24) is 19.9 Å². The first kappa shape index (κ1) is 72.9. The second-order valence-corrected chi connectivity index (χ2v) is 34.7. The first-order valence-electron chi connectivity index (χ1n) is 39.7. The van der Waals surface area contributed by atoms with Crippen LogP contribution in [0.1, 0.15) is 262 Å². The molecule has 108 heavy (non-hydrogen) atoms. The lowest BCUT2D eigenvalue weighted by Gasteiger charge is -2.27.